The van der Waals surface area contributed by atoms with Gasteiger partial charge in [0.1, 0.15) is 11.4 Å². The fraction of sp³-hybridized carbons (Fsp3) is 0.370. The number of hydrogen-bond donors (Lipinski definition) is 2. The van der Waals surface area contributed by atoms with Crippen LogP contribution >= 0.6 is 11.6 Å². The number of nitrogens with zero attached hydrogens (tertiary/aromatic N) is 2. The monoisotopic (exact) mass is 527 g/mol. The maximum absolute atomic E-state index is 12.9. The molecule has 1 fully saturated rings. The molecule has 1 saturated carbocycles. The van der Waals surface area contributed by atoms with Crippen molar-refractivity contribution in [2.24, 2.45) is 0 Å². The molecular formula is C27H30ClN3O4S. The topological polar surface area (TPSA) is 95.5 Å². The molecule has 4 aromatic rings. The zero-order valence-electron chi connectivity index (χ0n) is 20.2. The first kappa shape index (κ1) is 25.0. The third-order valence-electron chi connectivity index (χ3n) is 6.71. The van der Waals surface area contributed by atoms with Gasteiger partial charge in [-0.05, 0) is 67.3 Å². The van der Waals surface area contributed by atoms with E-state index in [1.54, 1.807) is 24.4 Å². The van der Waals surface area contributed by atoms with Gasteiger partial charge in [-0.3, -0.25) is 0 Å². The highest BCUT2D eigenvalue weighted by Crippen LogP contribution is 2.41. The van der Waals surface area contributed by atoms with Crippen molar-refractivity contribution in [1.29, 1.82) is 0 Å². The third-order valence-corrected chi connectivity index (χ3v) is 9.18. The molecule has 2 N–H and O–H groups in total. The number of likely N-dealkylation sites (N-methyl/N-ethyl adjacent to an activating group) is 1. The van der Waals surface area contributed by atoms with Crippen molar-refractivity contribution < 1.29 is 18.3 Å². The summed E-state index contributed by atoms with van der Waals surface area (Å²) in [6.45, 7) is 5.11. The fourth-order valence-corrected chi connectivity index (χ4v) is 6.51. The lowest BCUT2D eigenvalue weighted by molar-refractivity contribution is 0.189. The number of sulfone groups is 1. The number of aromatic amines is 1. The van der Waals surface area contributed by atoms with E-state index in [1.165, 1.54) is 0 Å². The quantitative estimate of drug-likeness (QED) is 0.265. The van der Waals surface area contributed by atoms with Crippen LogP contribution in [0.15, 0.2) is 53.6 Å². The van der Waals surface area contributed by atoms with Crippen molar-refractivity contribution in [3.05, 3.63) is 53.7 Å². The van der Waals surface area contributed by atoms with E-state index in [4.69, 9.17) is 16.3 Å². The van der Waals surface area contributed by atoms with Crippen LogP contribution in [-0.2, 0) is 9.84 Å². The average molecular weight is 528 g/mol. The van der Waals surface area contributed by atoms with Crippen molar-refractivity contribution in [3.8, 4) is 16.9 Å². The smallest absolute Gasteiger partial charge is 0.181 e. The Bertz CT molecular complexity index is 1500. The van der Waals surface area contributed by atoms with Crippen LogP contribution in [0.1, 0.15) is 26.2 Å². The largest absolute Gasteiger partial charge is 0.491 e. The number of fused-ring (bicyclic) bond motifs is 3. The minimum absolute atomic E-state index is 0.143. The summed E-state index contributed by atoms with van der Waals surface area (Å²) in [5, 5.41) is 11.2. The highest BCUT2D eigenvalue weighted by atomic mass is 35.5. The predicted molar refractivity (Wildman–Crippen MR) is 144 cm³/mol. The Hall–Kier alpha value is -2.65. The number of aliphatic hydroxyl groups excluding tert-OH is 1. The molecular weight excluding hydrogens is 498 g/mol. The van der Waals surface area contributed by atoms with Gasteiger partial charge in [0.2, 0.25) is 0 Å². The summed E-state index contributed by atoms with van der Waals surface area (Å²) in [5.41, 5.74) is 3.20. The molecule has 0 radical (unpaired) electrons. The number of halogens is 1. The van der Waals surface area contributed by atoms with Crippen LogP contribution in [0.25, 0.3) is 33.1 Å². The zero-order chi connectivity index (χ0) is 25.3. The van der Waals surface area contributed by atoms with Gasteiger partial charge in [-0.2, -0.15) is 0 Å². The van der Waals surface area contributed by atoms with Crippen LogP contribution in [-0.4, -0.2) is 66.5 Å². The van der Waals surface area contributed by atoms with E-state index in [0.29, 0.717) is 34.5 Å². The minimum atomic E-state index is -3.31. The van der Waals surface area contributed by atoms with Crippen LogP contribution in [0.3, 0.4) is 0 Å². The normalized spacial score (nSPS) is 14.2. The van der Waals surface area contributed by atoms with Gasteiger partial charge in [-0.25, -0.2) is 13.4 Å². The van der Waals surface area contributed by atoms with E-state index in [0.717, 1.165) is 59.8 Å². The number of ether oxygens (including phenoxy) is 1. The zero-order valence-corrected chi connectivity index (χ0v) is 21.8. The van der Waals surface area contributed by atoms with Gasteiger partial charge in [-0.15, -0.1) is 0 Å². The van der Waals surface area contributed by atoms with Crippen molar-refractivity contribution in [2.75, 3.05) is 32.8 Å². The number of H-pyrrole nitrogens is 1. The molecule has 1 aliphatic carbocycles. The molecule has 36 heavy (non-hydrogen) atoms. The molecule has 1 aliphatic rings. The number of nitrogens with one attached hydrogen (secondary N) is 1. The van der Waals surface area contributed by atoms with Gasteiger partial charge in [0.05, 0.1) is 33.9 Å². The van der Waals surface area contributed by atoms with Crippen LogP contribution in [0.4, 0.5) is 0 Å². The number of pyridine rings is 1. The molecule has 0 amide bonds. The third kappa shape index (κ3) is 4.95. The molecule has 2 aromatic carbocycles. The second-order valence-corrected chi connectivity index (χ2v) is 11.8. The molecule has 9 heteroatoms. The Balaban J connectivity index is 1.53. The lowest BCUT2D eigenvalue weighted by Gasteiger charge is -2.19. The number of aliphatic hydroxyl groups is 1. The summed E-state index contributed by atoms with van der Waals surface area (Å²) in [6.07, 6.45) is 3.88. The molecule has 0 saturated heterocycles. The number of rotatable bonds is 11. The van der Waals surface area contributed by atoms with Gasteiger partial charge in [0, 0.05) is 30.1 Å². The maximum Gasteiger partial charge on any atom is 0.181 e. The van der Waals surface area contributed by atoms with Crippen molar-refractivity contribution >= 4 is 43.4 Å². The van der Waals surface area contributed by atoms with Gasteiger partial charge in [-0.1, -0.05) is 30.7 Å². The summed E-state index contributed by atoms with van der Waals surface area (Å²) in [4.78, 5) is 10.4. The van der Waals surface area contributed by atoms with E-state index >= 15 is 0 Å². The first-order valence-electron chi connectivity index (χ1n) is 12.3. The van der Waals surface area contributed by atoms with Crippen LogP contribution in [0, 0.1) is 0 Å². The lowest BCUT2D eigenvalue weighted by Crippen LogP contribution is -2.28. The lowest BCUT2D eigenvalue weighted by atomic mass is 9.99. The Morgan fingerprint density at radius 1 is 1.19 bits per heavy atom. The Kier molecular flexibility index (Phi) is 7.21. The fourth-order valence-electron chi connectivity index (χ4n) is 4.65. The van der Waals surface area contributed by atoms with E-state index < -0.39 is 9.84 Å². The summed E-state index contributed by atoms with van der Waals surface area (Å²) in [7, 11) is -3.31. The van der Waals surface area contributed by atoms with E-state index in [1.807, 2.05) is 24.3 Å². The second kappa shape index (κ2) is 10.4. The summed E-state index contributed by atoms with van der Waals surface area (Å²) in [6, 6.07) is 12.9. The van der Waals surface area contributed by atoms with Crippen molar-refractivity contribution in [3.63, 3.8) is 0 Å². The average Bonchev–Trinajstić information content (AvgIpc) is 3.68. The molecule has 190 valence electrons. The highest BCUT2D eigenvalue weighted by Gasteiger charge is 2.37. The van der Waals surface area contributed by atoms with E-state index in [2.05, 4.69) is 21.8 Å². The van der Waals surface area contributed by atoms with Gasteiger partial charge in [0.15, 0.2) is 9.84 Å². The van der Waals surface area contributed by atoms with Crippen LogP contribution in [0.5, 0.6) is 5.75 Å². The molecule has 2 aromatic heterocycles. The Morgan fingerprint density at radius 2 is 2.03 bits per heavy atom. The van der Waals surface area contributed by atoms with Gasteiger partial charge >= 0.3 is 0 Å². The SMILES string of the molecule is CCN(CCO)CCCOc1ccc(-c2cccc(S(=O)(=O)C3CC3)c2)c2c1[nH]c1ncc(Cl)cc12. The molecule has 0 bridgehead atoms. The molecule has 0 unspecified atom stereocenters. The molecule has 7 nitrogen and oxygen atoms in total. The molecule has 5 rings (SSSR count). The van der Waals surface area contributed by atoms with Crippen LogP contribution in [0.2, 0.25) is 5.02 Å². The first-order chi connectivity index (χ1) is 17.4. The molecule has 2 heterocycles. The Morgan fingerprint density at radius 3 is 2.78 bits per heavy atom. The van der Waals surface area contributed by atoms with Crippen molar-refractivity contribution in [1.82, 2.24) is 14.9 Å². The number of hydrogen-bond acceptors (Lipinski definition) is 6. The molecule has 0 spiro atoms. The highest BCUT2D eigenvalue weighted by molar-refractivity contribution is 7.92. The summed E-state index contributed by atoms with van der Waals surface area (Å²) < 4.78 is 32.0. The van der Waals surface area contributed by atoms with E-state index in [-0.39, 0.29) is 11.9 Å². The maximum atomic E-state index is 12.9. The van der Waals surface area contributed by atoms with Crippen molar-refractivity contribution in [2.45, 2.75) is 36.3 Å². The predicted octanol–water partition coefficient (Wildman–Crippen LogP) is 5.06. The molecule has 0 aliphatic heterocycles. The standard InChI is InChI=1S/C27H30ClN3O4S/c1-2-31(12-13-32)11-4-14-35-24-10-9-22(25-23-16-19(28)17-29-27(23)30-26(24)25)18-5-3-6-21(15-18)36(33,34)20-7-8-20/h3,5-6,9-10,15-17,20,32H,2,4,7-8,11-14H2,1H3,(H,29,30). The van der Waals surface area contributed by atoms with Gasteiger partial charge < -0.3 is 19.7 Å². The summed E-state index contributed by atoms with van der Waals surface area (Å²) in [5.74, 6) is 0.704. The van der Waals surface area contributed by atoms with Gasteiger partial charge in [0.25, 0.3) is 0 Å². The summed E-state index contributed by atoms with van der Waals surface area (Å²) >= 11 is 6.30. The number of aromatic nitrogens is 2. The van der Waals surface area contributed by atoms with E-state index in [9.17, 15) is 13.5 Å². The number of benzene rings is 2. The first-order valence-corrected chi connectivity index (χ1v) is 14.2. The van der Waals surface area contributed by atoms with Crippen LogP contribution < -0.4 is 4.74 Å². The second-order valence-electron chi connectivity index (χ2n) is 9.17. The Labute approximate surface area is 216 Å². The molecule has 0 atom stereocenters. The minimum Gasteiger partial charge on any atom is -0.491 e.